The number of hydrogen-bond acceptors (Lipinski definition) is 10. The van der Waals surface area contributed by atoms with Crippen LogP contribution in [-0.2, 0) is 22.6 Å². The first-order valence-electron chi connectivity index (χ1n) is 24.7. The summed E-state index contributed by atoms with van der Waals surface area (Å²) >= 11 is 0. The van der Waals surface area contributed by atoms with Crippen LogP contribution < -0.4 is 22.5 Å². The van der Waals surface area contributed by atoms with Gasteiger partial charge in [-0.05, 0) is 131 Å². The van der Waals surface area contributed by atoms with E-state index in [9.17, 15) is 24.6 Å². The summed E-state index contributed by atoms with van der Waals surface area (Å²) in [6, 6.07) is 15.9. The van der Waals surface area contributed by atoms with Gasteiger partial charge in [0.2, 0.25) is 12.3 Å². The van der Waals surface area contributed by atoms with Crippen LogP contribution in [0.25, 0.3) is 11.8 Å². The fourth-order valence-electron chi connectivity index (χ4n) is 10.6. The number of benzene rings is 2. The normalized spacial score (nSPS) is 21.4. The van der Waals surface area contributed by atoms with Gasteiger partial charge in [0, 0.05) is 105 Å². The fraction of sp³-hybridized carbons (Fsp3) is 0.566. The molecule has 15 nitrogen and oxygen atoms in total. The van der Waals surface area contributed by atoms with E-state index in [2.05, 4.69) is 58.6 Å². The molecule has 10 N–H and O–H groups in total. The molecule has 1 aromatic heterocycles. The number of primary amides is 1. The highest BCUT2D eigenvalue weighted by Crippen LogP contribution is 2.40. The number of phenolic OH excluding ortho intramolecular Hbond substituents is 1. The SMILES string of the molecule is C#Cc1ccc(CNC=O)cc1.CC(C)(C)CC(=O)N1CCC(O)C1.CC1c2c([nH]c(N)c2/C=C(\N)c2ccccc2O)CCN1C1CCN(C2CCN(CC3CCN(C(N)=O)CC3)CC2)CC1. The number of likely N-dealkylation sites (tertiary alicyclic amines) is 4. The molecule has 0 aliphatic carbocycles. The quantitative estimate of drug-likeness (QED) is 0.103. The molecule has 5 aliphatic rings. The average Bonchev–Trinajstić information content (AvgIpc) is 3.91. The summed E-state index contributed by atoms with van der Waals surface area (Å²) in [5, 5.41) is 22.1. The Morgan fingerprint density at radius 3 is 2.12 bits per heavy atom. The van der Waals surface area contributed by atoms with Crippen molar-refractivity contribution in [3.63, 3.8) is 0 Å². The molecule has 68 heavy (non-hydrogen) atoms. The number of amides is 4. The topological polar surface area (TPSA) is 214 Å². The monoisotopic (exact) mass is 935 g/mol. The molecule has 8 rings (SSSR count). The van der Waals surface area contributed by atoms with Gasteiger partial charge in [0.05, 0.1) is 6.10 Å². The molecule has 5 aliphatic heterocycles. The van der Waals surface area contributed by atoms with Crippen molar-refractivity contribution in [2.45, 2.75) is 116 Å². The summed E-state index contributed by atoms with van der Waals surface area (Å²) in [5.74, 6) is 4.20. The maximum Gasteiger partial charge on any atom is 0.314 e. The molecule has 0 radical (unpaired) electrons. The van der Waals surface area contributed by atoms with Crippen molar-refractivity contribution in [3.05, 3.63) is 82.0 Å². The smallest absolute Gasteiger partial charge is 0.314 e. The van der Waals surface area contributed by atoms with E-state index in [1.54, 1.807) is 21.9 Å². The molecule has 3 aromatic rings. The molecular weight excluding hydrogens is 857 g/mol. The standard InChI is InChI=1S/C33H50N8O2.C10H19NO2.C10H9NO/c1-22-31-27(20-28(34)26-4-2-3-5-30(26)42)32(35)37-29(31)12-19-41(22)25-10-17-39(18-11-25)24-8-13-38(14-9-24)21-23-6-15-40(16-7-23)33(36)43;1-10(2,3)6-9(13)11-5-4-8(12)7-11;1-2-9-3-5-10(6-4-9)7-11-8-12/h2-5,20,22-25,37,42H,6-19,21,34-35H2,1H3,(H2,36,43);8,12H,4-7H2,1-3H3;1,3-6,8H,7H2,(H,11,12)/b28-20-;;. The highest BCUT2D eigenvalue weighted by atomic mass is 16.3. The van der Waals surface area contributed by atoms with E-state index in [1.807, 2.05) is 42.5 Å². The summed E-state index contributed by atoms with van der Waals surface area (Å²) < 4.78 is 0. The number of nitrogen functional groups attached to an aromatic ring is 1. The van der Waals surface area contributed by atoms with Crippen LogP contribution in [0.15, 0.2) is 48.5 Å². The number of piperidine rings is 3. The minimum atomic E-state index is -0.302. The Bertz CT molecular complexity index is 2190. The molecule has 0 spiro atoms. The zero-order valence-electron chi connectivity index (χ0n) is 41.0. The molecule has 2 aromatic carbocycles. The molecule has 4 saturated heterocycles. The first-order chi connectivity index (χ1) is 32.5. The molecule has 0 bridgehead atoms. The van der Waals surface area contributed by atoms with Gasteiger partial charge in [-0.15, -0.1) is 6.42 Å². The molecule has 0 saturated carbocycles. The van der Waals surface area contributed by atoms with Crippen LogP contribution in [0.3, 0.4) is 0 Å². The number of anilines is 1. The van der Waals surface area contributed by atoms with Gasteiger partial charge in [-0.25, -0.2) is 4.79 Å². The first kappa shape index (κ1) is 51.9. The Kier molecular flexibility index (Phi) is 18.4. The minimum absolute atomic E-state index is 0.0463. The Hall–Kier alpha value is -5.53. The number of terminal acetylenes is 1. The minimum Gasteiger partial charge on any atom is -0.507 e. The second kappa shape index (κ2) is 24.2. The number of carbonyl (C=O) groups is 3. The van der Waals surface area contributed by atoms with Crippen molar-refractivity contribution in [1.29, 1.82) is 0 Å². The second-order valence-electron chi connectivity index (χ2n) is 20.6. The Labute approximate surface area is 404 Å². The van der Waals surface area contributed by atoms with Crippen LogP contribution >= 0.6 is 0 Å². The number of hydrogen-bond donors (Lipinski definition) is 7. The number of H-pyrrole nitrogens is 1. The van der Waals surface area contributed by atoms with Crippen LogP contribution in [0.1, 0.15) is 119 Å². The van der Waals surface area contributed by atoms with Crippen LogP contribution in [0, 0.1) is 23.7 Å². The molecule has 15 heteroatoms. The fourth-order valence-corrected chi connectivity index (χ4v) is 10.6. The third-order valence-corrected chi connectivity index (χ3v) is 14.4. The van der Waals surface area contributed by atoms with Crippen molar-refractivity contribution >= 4 is 35.9 Å². The third kappa shape index (κ3) is 14.3. The Morgan fingerprint density at radius 2 is 1.53 bits per heavy atom. The Balaban J connectivity index is 0.000000247. The van der Waals surface area contributed by atoms with Gasteiger partial charge in [0.1, 0.15) is 11.6 Å². The van der Waals surface area contributed by atoms with Crippen molar-refractivity contribution in [1.82, 2.24) is 34.8 Å². The molecule has 2 unspecified atom stereocenters. The summed E-state index contributed by atoms with van der Waals surface area (Å²) in [5.41, 5.74) is 24.9. The maximum absolute atomic E-state index is 11.6. The van der Waals surface area contributed by atoms with E-state index in [0.717, 1.165) is 75.1 Å². The number of nitrogens with zero attached hydrogens (tertiary/aromatic N) is 5. The van der Waals surface area contributed by atoms with Gasteiger partial charge >= 0.3 is 6.03 Å². The molecule has 4 amide bonds. The predicted molar refractivity (Wildman–Crippen MR) is 271 cm³/mol. The van der Waals surface area contributed by atoms with Crippen LogP contribution in [0.2, 0.25) is 0 Å². The van der Waals surface area contributed by atoms with Crippen molar-refractivity contribution in [2.75, 3.05) is 71.2 Å². The number of fused-ring (bicyclic) bond motifs is 1. The zero-order valence-corrected chi connectivity index (χ0v) is 41.0. The van der Waals surface area contributed by atoms with Crippen molar-refractivity contribution < 1.29 is 24.6 Å². The lowest BCUT2D eigenvalue weighted by atomic mass is 9.90. The van der Waals surface area contributed by atoms with Crippen molar-refractivity contribution in [3.8, 4) is 18.1 Å². The number of aromatic nitrogens is 1. The number of phenols is 1. The number of para-hydroxylation sites is 1. The van der Waals surface area contributed by atoms with Crippen molar-refractivity contribution in [2.24, 2.45) is 22.8 Å². The molecule has 2 atom stereocenters. The highest BCUT2D eigenvalue weighted by Gasteiger charge is 2.37. The lowest BCUT2D eigenvalue weighted by Crippen LogP contribution is -2.52. The summed E-state index contributed by atoms with van der Waals surface area (Å²) in [6.07, 6.45) is 16.8. The van der Waals surface area contributed by atoms with Crippen LogP contribution in [0.4, 0.5) is 10.6 Å². The first-order valence-corrected chi connectivity index (χ1v) is 24.7. The molecular formula is C53H78N10O5. The zero-order chi connectivity index (χ0) is 49.0. The van der Waals surface area contributed by atoms with E-state index in [1.165, 1.54) is 63.1 Å². The lowest BCUT2D eigenvalue weighted by Gasteiger charge is -2.47. The third-order valence-electron chi connectivity index (χ3n) is 14.4. The molecule has 370 valence electrons. The van der Waals surface area contributed by atoms with Gasteiger partial charge in [0.25, 0.3) is 0 Å². The number of β-amino-alcohol motifs (C(OH)–C–C–N with tert-alkyl or cyclic N) is 1. The number of nitrogens with two attached hydrogens (primary N) is 3. The number of rotatable bonds is 10. The van der Waals surface area contributed by atoms with E-state index >= 15 is 0 Å². The average molecular weight is 935 g/mol. The van der Waals surface area contributed by atoms with E-state index in [0.29, 0.717) is 61.0 Å². The lowest BCUT2D eigenvalue weighted by molar-refractivity contribution is -0.132. The second-order valence-corrected chi connectivity index (χ2v) is 20.6. The largest absolute Gasteiger partial charge is 0.507 e. The van der Waals surface area contributed by atoms with E-state index < -0.39 is 0 Å². The van der Waals surface area contributed by atoms with Crippen LogP contribution in [0.5, 0.6) is 5.75 Å². The number of aliphatic hydroxyl groups is 1. The number of urea groups is 1. The number of aliphatic hydroxyl groups excluding tert-OH is 1. The van der Waals surface area contributed by atoms with Gasteiger partial charge in [0.15, 0.2) is 0 Å². The maximum atomic E-state index is 11.6. The summed E-state index contributed by atoms with van der Waals surface area (Å²) in [7, 11) is 0. The van der Waals surface area contributed by atoms with Gasteiger partial charge in [-0.1, -0.05) is 51.0 Å². The van der Waals surface area contributed by atoms with Gasteiger partial charge in [-0.2, -0.15) is 0 Å². The Morgan fingerprint density at radius 1 is 0.882 bits per heavy atom. The van der Waals surface area contributed by atoms with Gasteiger partial charge < -0.3 is 57.3 Å². The molecule has 6 heterocycles. The number of nitrogens with one attached hydrogen (secondary N) is 2. The number of carbonyl (C=O) groups excluding carboxylic acids is 3. The number of aromatic amines is 1. The molecule has 4 fully saturated rings. The number of aromatic hydroxyl groups is 1. The highest BCUT2D eigenvalue weighted by molar-refractivity contribution is 5.86. The summed E-state index contributed by atoms with van der Waals surface area (Å²) in [6.45, 7) is 18.8. The van der Waals surface area contributed by atoms with E-state index in [4.69, 9.17) is 23.6 Å². The predicted octanol–water partition coefficient (Wildman–Crippen LogP) is 5.33. The van der Waals surface area contributed by atoms with Crippen LogP contribution in [-0.4, -0.2) is 142 Å². The van der Waals surface area contributed by atoms with E-state index in [-0.39, 0.29) is 35.2 Å². The van der Waals surface area contributed by atoms with Gasteiger partial charge in [-0.3, -0.25) is 14.5 Å². The summed E-state index contributed by atoms with van der Waals surface area (Å²) in [4.78, 5) is 48.1.